The number of nitrogens with one attached hydrogen (secondary N) is 1. The first-order valence-electron chi connectivity index (χ1n) is 6.91. The topological polar surface area (TPSA) is 100 Å². The Labute approximate surface area is 142 Å². The molecule has 0 amide bonds. The van der Waals surface area contributed by atoms with Crippen molar-refractivity contribution in [3.05, 3.63) is 47.8 Å². The van der Waals surface area contributed by atoms with Gasteiger partial charge in [-0.1, -0.05) is 0 Å². The monoisotopic (exact) mass is 345 g/mol. The third-order valence-corrected chi connectivity index (χ3v) is 4.91. The van der Waals surface area contributed by atoms with Crippen LogP contribution in [0.5, 0.6) is 0 Å². The number of anilines is 1. The smallest absolute Gasteiger partial charge is 0.242 e. The minimum atomic E-state index is -3.46. The summed E-state index contributed by atoms with van der Waals surface area (Å²) >= 11 is 0. The molecule has 1 rings (SSSR count). The molecule has 0 saturated carbocycles. The van der Waals surface area contributed by atoms with E-state index >= 15 is 0 Å². The highest BCUT2D eigenvalue weighted by Crippen LogP contribution is 2.17. The van der Waals surface area contributed by atoms with Crippen LogP contribution in [-0.2, 0) is 10.0 Å². The first-order chi connectivity index (χ1) is 11.2. The number of nitrogens with zero attached hydrogens (tertiary/aromatic N) is 4. The molecule has 0 fully saturated rings. The summed E-state index contributed by atoms with van der Waals surface area (Å²) in [6, 6.07) is 9.96. The third kappa shape index (κ3) is 4.59. The molecule has 0 bridgehead atoms. The van der Waals surface area contributed by atoms with Crippen molar-refractivity contribution in [1.82, 2.24) is 9.21 Å². The molecule has 0 spiro atoms. The van der Waals surface area contributed by atoms with Crippen molar-refractivity contribution in [3.8, 4) is 12.1 Å². The summed E-state index contributed by atoms with van der Waals surface area (Å²) in [5.74, 6) is 0. The van der Waals surface area contributed by atoms with E-state index in [9.17, 15) is 8.42 Å². The first-order valence-corrected chi connectivity index (χ1v) is 8.35. The van der Waals surface area contributed by atoms with Gasteiger partial charge in [-0.05, 0) is 30.3 Å². The third-order valence-electron chi connectivity index (χ3n) is 3.09. The largest absolute Gasteiger partial charge is 0.376 e. The Balaban J connectivity index is 2.95. The number of hydrogen-bond donors (Lipinski definition) is 1. The van der Waals surface area contributed by atoms with Crippen molar-refractivity contribution in [2.45, 2.75) is 4.90 Å². The molecule has 0 aliphatic heterocycles. The van der Waals surface area contributed by atoms with Crippen molar-refractivity contribution in [3.63, 3.8) is 0 Å². The van der Waals surface area contributed by atoms with Gasteiger partial charge in [0.05, 0.1) is 10.6 Å². The summed E-state index contributed by atoms with van der Waals surface area (Å²) < 4.78 is 25.1. The summed E-state index contributed by atoms with van der Waals surface area (Å²) in [6.45, 7) is 0. The van der Waals surface area contributed by atoms with Gasteiger partial charge in [0.15, 0.2) is 5.57 Å². The van der Waals surface area contributed by atoms with Crippen LogP contribution in [-0.4, -0.2) is 45.8 Å². The quantitative estimate of drug-likeness (QED) is 0.622. The lowest BCUT2D eigenvalue weighted by Crippen LogP contribution is -2.22. The highest BCUT2D eigenvalue weighted by molar-refractivity contribution is 7.89. The van der Waals surface area contributed by atoms with E-state index in [0.29, 0.717) is 11.4 Å². The minimum Gasteiger partial charge on any atom is -0.376 e. The fourth-order valence-corrected chi connectivity index (χ4v) is 2.65. The normalized spacial score (nSPS) is 11.0. The Bertz CT molecular complexity index is 807. The second kappa shape index (κ2) is 8.16. The Hall–Kier alpha value is -2.81. The predicted molar refractivity (Wildman–Crippen MR) is 92.0 cm³/mol. The van der Waals surface area contributed by atoms with E-state index in [1.807, 2.05) is 12.1 Å². The summed E-state index contributed by atoms with van der Waals surface area (Å²) in [5, 5.41) is 20.9. The Kier molecular flexibility index (Phi) is 6.54. The van der Waals surface area contributed by atoms with Gasteiger partial charge < -0.3 is 10.2 Å². The van der Waals surface area contributed by atoms with E-state index in [0.717, 1.165) is 4.31 Å². The van der Waals surface area contributed by atoms with Crippen LogP contribution in [0.3, 0.4) is 0 Å². The molecule has 0 aliphatic rings. The molecule has 7 nitrogen and oxygen atoms in total. The van der Waals surface area contributed by atoms with Gasteiger partial charge in [-0.25, -0.2) is 12.7 Å². The van der Waals surface area contributed by atoms with E-state index in [1.165, 1.54) is 26.2 Å². The Morgan fingerprint density at radius 1 is 1.08 bits per heavy atom. The zero-order chi connectivity index (χ0) is 18.3. The standard InChI is InChI=1S/C16H19N5O2S/c1-20(2)16(13(11-17)12-18)9-10-19-14-5-7-15(8-6-14)24(22,23)21(3)4/h5-10,19H,1-4H3/b10-9+. The number of rotatable bonds is 6. The van der Waals surface area contributed by atoms with Crippen LogP contribution < -0.4 is 5.32 Å². The Morgan fingerprint density at radius 3 is 2.04 bits per heavy atom. The minimum absolute atomic E-state index is 0.00507. The van der Waals surface area contributed by atoms with Crippen molar-refractivity contribution < 1.29 is 8.42 Å². The highest BCUT2D eigenvalue weighted by atomic mass is 32.2. The predicted octanol–water partition coefficient (Wildman–Crippen LogP) is 1.73. The molecule has 0 saturated heterocycles. The fraction of sp³-hybridized carbons (Fsp3) is 0.250. The molecule has 0 unspecified atom stereocenters. The van der Waals surface area contributed by atoms with E-state index in [1.54, 1.807) is 43.4 Å². The number of benzene rings is 1. The van der Waals surface area contributed by atoms with Crippen LogP contribution in [0.25, 0.3) is 0 Å². The van der Waals surface area contributed by atoms with Crippen LogP contribution in [0.1, 0.15) is 0 Å². The molecule has 0 atom stereocenters. The molecule has 0 heterocycles. The molecule has 24 heavy (non-hydrogen) atoms. The van der Waals surface area contributed by atoms with Gasteiger partial charge in [-0.2, -0.15) is 10.5 Å². The van der Waals surface area contributed by atoms with Gasteiger partial charge in [0, 0.05) is 40.1 Å². The van der Waals surface area contributed by atoms with Crippen molar-refractivity contribution in [2.75, 3.05) is 33.5 Å². The molecular weight excluding hydrogens is 326 g/mol. The molecule has 0 radical (unpaired) electrons. The number of likely N-dealkylation sites (N-methyl/N-ethyl adjacent to an activating group) is 1. The maximum atomic E-state index is 12.0. The number of hydrogen-bond acceptors (Lipinski definition) is 6. The van der Waals surface area contributed by atoms with Gasteiger partial charge in [0.25, 0.3) is 0 Å². The molecule has 0 aliphatic carbocycles. The molecule has 1 aromatic rings. The average molecular weight is 345 g/mol. The molecule has 1 N–H and O–H groups in total. The molecular formula is C16H19N5O2S. The fourth-order valence-electron chi connectivity index (χ4n) is 1.75. The summed E-state index contributed by atoms with van der Waals surface area (Å²) in [6.07, 6.45) is 3.19. The average Bonchev–Trinajstić information content (AvgIpc) is 2.54. The van der Waals surface area contributed by atoms with Crippen molar-refractivity contribution in [1.29, 1.82) is 10.5 Å². The zero-order valence-corrected chi connectivity index (χ0v) is 14.8. The molecule has 1 aromatic carbocycles. The summed E-state index contributed by atoms with van der Waals surface area (Å²) in [5.41, 5.74) is 1.15. The molecule has 0 aromatic heterocycles. The summed E-state index contributed by atoms with van der Waals surface area (Å²) in [7, 11) is 2.95. The van der Waals surface area contributed by atoms with Gasteiger partial charge >= 0.3 is 0 Å². The van der Waals surface area contributed by atoms with E-state index in [-0.39, 0.29) is 10.5 Å². The zero-order valence-electron chi connectivity index (χ0n) is 14.0. The van der Waals surface area contributed by atoms with Gasteiger partial charge in [0.1, 0.15) is 12.1 Å². The van der Waals surface area contributed by atoms with E-state index in [4.69, 9.17) is 10.5 Å². The van der Waals surface area contributed by atoms with Gasteiger partial charge in [-0.3, -0.25) is 0 Å². The van der Waals surface area contributed by atoms with Gasteiger partial charge in [0.2, 0.25) is 10.0 Å². The maximum Gasteiger partial charge on any atom is 0.242 e. The Morgan fingerprint density at radius 2 is 1.62 bits per heavy atom. The second-order valence-electron chi connectivity index (χ2n) is 5.17. The maximum absolute atomic E-state index is 12.0. The number of allylic oxidation sites excluding steroid dienone is 2. The van der Waals surface area contributed by atoms with Gasteiger partial charge in [-0.15, -0.1) is 0 Å². The van der Waals surface area contributed by atoms with Crippen LogP contribution >= 0.6 is 0 Å². The van der Waals surface area contributed by atoms with Crippen LogP contribution in [0, 0.1) is 22.7 Å². The lowest BCUT2D eigenvalue weighted by atomic mass is 10.2. The van der Waals surface area contributed by atoms with E-state index < -0.39 is 10.0 Å². The summed E-state index contributed by atoms with van der Waals surface area (Å²) in [4.78, 5) is 1.86. The number of nitriles is 2. The lowest BCUT2D eigenvalue weighted by Gasteiger charge is -2.13. The van der Waals surface area contributed by atoms with Crippen LogP contribution in [0.15, 0.2) is 52.7 Å². The lowest BCUT2D eigenvalue weighted by molar-refractivity contribution is 0.521. The van der Waals surface area contributed by atoms with E-state index in [2.05, 4.69) is 5.32 Å². The van der Waals surface area contributed by atoms with Crippen LogP contribution in [0.4, 0.5) is 5.69 Å². The van der Waals surface area contributed by atoms with Crippen molar-refractivity contribution in [2.24, 2.45) is 0 Å². The van der Waals surface area contributed by atoms with Crippen molar-refractivity contribution >= 4 is 15.7 Å². The molecule has 126 valence electrons. The second-order valence-corrected chi connectivity index (χ2v) is 7.32. The SMILES string of the molecule is CN(C)C(/C=C/Nc1ccc(S(=O)(=O)N(C)C)cc1)=C(C#N)C#N. The first kappa shape index (κ1) is 19.2. The van der Waals surface area contributed by atoms with Crippen LogP contribution in [0.2, 0.25) is 0 Å². The highest BCUT2D eigenvalue weighted by Gasteiger charge is 2.16. The number of sulfonamides is 1. The molecule has 8 heteroatoms.